The molecule has 5 heteroatoms. The van der Waals surface area contributed by atoms with E-state index >= 15 is 0 Å². The van der Waals surface area contributed by atoms with E-state index in [0.717, 1.165) is 5.46 Å². The standard InChI is InChI=1S/C15H19BN2O2/c1-15(2,3)13(19)14(18-9-8-17-10-18)20-12-6-4-11(16)5-7-12/h4-10,14H,16H2,1-3H3. The van der Waals surface area contributed by atoms with E-state index in [1.54, 1.807) is 23.3 Å². The first-order valence-electron chi connectivity index (χ1n) is 6.63. The summed E-state index contributed by atoms with van der Waals surface area (Å²) in [5, 5.41) is 0. The smallest absolute Gasteiger partial charge is 0.236 e. The Labute approximate surface area is 120 Å². The van der Waals surface area contributed by atoms with Crippen LogP contribution in [0, 0.1) is 5.41 Å². The molecular formula is C15H19BN2O2. The lowest BCUT2D eigenvalue weighted by molar-refractivity contribution is -0.137. The van der Waals surface area contributed by atoms with Crippen molar-refractivity contribution in [2.24, 2.45) is 5.41 Å². The number of rotatable bonds is 4. The van der Waals surface area contributed by atoms with Crippen molar-refractivity contribution < 1.29 is 9.53 Å². The zero-order chi connectivity index (χ0) is 14.8. The van der Waals surface area contributed by atoms with Gasteiger partial charge in [0.1, 0.15) is 13.6 Å². The highest BCUT2D eigenvalue weighted by atomic mass is 16.5. The summed E-state index contributed by atoms with van der Waals surface area (Å²) in [6.45, 7) is 5.66. The molecule has 2 aromatic rings. The third kappa shape index (κ3) is 3.29. The molecule has 0 N–H and O–H groups in total. The second kappa shape index (κ2) is 5.53. The van der Waals surface area contributed by atoms with Gasteiger partial charge in [-0.2, -0.15) is 0 Å². The highest BCUT2D eigenvalue weighted by molar-refractivity contribution is 6.32. The van der Waals surface area contributed by atoms with Crippen LogP contribution in [-0.4, -0.2) is 23.2 Å². The molecule has 0 saturated carbocycles. The van der Waals surface area contributed by atoms with Crippen LogP contribution in [0.25, 0.3) is 0 Å². The maximum atomic E-state index is 12.6. The largest absolute Gasteiger partial charge is 0.463 e. The summed E-state index contributed by atoms with van der Waals surface area (Å²) in [7, 11) is 2.01. The zero-order valence-electron chi connectivity index (χ0n) is 12.3. The summed E-state index contributed by atoms with van der Waals surface area (Å²) in [5.74, 6) is 0.683. The second-order valence-electron chi connectivity index (χ2n) is 5.91. The van der Waals surface area contributed by atoms with E-state index < -0.39 is 11.6 Å². The van der Waals surface area contributed by atoms with Crippen molar-refractivity contribution in [2.75, 3.05) is 0 Å². The van der Waals surface area contributed by atoms with Crippen molar-refractivity contribution in [3.05, 3.63) is 43.0 Å². The average molecular weight is 270 g/mol. The number of hydrogen-bond acceptors (Lipinski definition) is 3. The highest BCUT2D eigenvalue weighted by Gasteiger charge is 2.32. The normalized spacial score (nSPS) is 12.9. The zero-order valence-corrected chi connectivity index (χ0v) is 12.3. The molecule has 0 aliphatic rings. The maximum Gasteiger partial charge on any atom is 0.236 e. The molecular weight excluding hydrogens is 251 g/mol. The molecule has 0 fully saturated rings. The molecule has 1 heterocycles. The molecule has 1 atom stereocenters. The summed E-state index contributed by atoms with van der Waals surface area (Å²) in [5.41, 5.74) is 0.665. The van der Waals surface area contributed by atoms with Crippen LogP contribution in [0.4, 0.5) is 0 Å². The SMILES string of the molecule is Bc1ccc(OC(C(=O)C(C)(C)C)n2ccnc2)cc1. The van der Waals surface area contributed by atoms with Gasteiger partial charge in [0, 0.05) is 17.8 Å². The first-order valence-corrected chi connectivity index (χ1v) is 6.63. The lowest BCUT2D eigenvalue weighted by Crippen LogP contribution is -2.33. The Bertz CT molecular complexity index is 571. The molecule has 0 spiro atoms. The van der Waals surface area contributed by atoms with Crippen LogP contribution in [0.5, 0.6) is 5.75 Å². The summed E-state index contributed by atoms with van der Waals surface area (Å²) in [6, 6.07) is 7.66. The number of Topliss-reactive ketones (excluding diaryl/α,β-unsaturated/α-hetero) is 1. The van der Waals surface area contributed by atoms with Crippen LogP contribution in [0.2, 0.25) is 0 Å². The molecule has 0 amide bonds. The molecule has 0 saturated heterocycles. The molecule has 0 radical (unpaired) electrons. The average Bonchev–Trinajstić information content (AvgIpc) is 2.90. The Morgan fingerprint density at radius 1 is 1.30 bits per heavy atom. The lowest BCUT2D eigenvalue weighted by atomic mass is 9.89. The van der Waals surface area contributed by atoms with E-state index in [1.807, 2.05) is 52.9 Å². The van der Waals surface area contributed by atoms with Crippen LogP contribution < -0.4 is 10.2 Å². The quantitative estimate of drug-likeness (QED) is 0.787. The number of ketones is 1. The topological polar surface area (TPSA) is 44.1 Å². The number of carbonyl (C=O) groups excluding carboxylic acids is 1. The van der Waals surface area contributed by atoms with Gasteiger partial charge in [0.2, 0.25) is 6.23 Å². The number of nitrogens with zero attached hydrogens (tertiary/aromatic N) is 2. The lowest BCUT2D eigenvalue weighted by Gasteiger charge is -2.26. The van der Waals surface area contributed by atoms with E-state index in [9.17, 15) is 4.79 Å². The molecule has 0 aliphatic carbocycles. The first-order chi connectivity index (χ1) is 9.38. The van der Waals surface area contributed by atoms with Gasteiger partial charge in [0.15, 0.2) is 5.78 Å². The number of hydrogen-bond donors (Lipinski definition) is 0. The first kappa shape index (κ1) is 14.4. The minimum Gasteiger partial charge on any atom is -0.463 e. The third-order valence-corrected chi connectivity index (χ3v) is 3.03. The summed E-state index contributed by atoms with van der Waals surface area (Å²) < 4.78 is 7.56. The van der Waals surface area contributed by atoms with E-state index in [1.165, 1.54) is 0 Å². The van der Waals surface area contributed by atoms with Crippen LogP contribution in [0.1, 0.15) is 27.0 Å². The monoisotopic (exact) mass is 270 g/mol. The van der Waals surface area contributed by atoms with Crippen LogP contribution in [0.15, 0.2) is 43.0 Å². The van der Waals surface area contributed by atoms with Crippen molar-refractivity contribution in [1.29, 1.82) is 0 Å². The Morgan fingerprint density at radius 3 is 2.45 bits per heavy atom. The van der Waals surface area contributed by atoms with Gasteiger partial charge < -0.3 is 4.74 Å². The van der Waals surface area contributed by atoms with Crippen molar-refractivity contribution in [3.63, 3.8) is 0 Å². The van der Waals surface area contributed by atoms with Gasteiger partial charge in [-0.3, -0.25) is 9.36 Å². The Kier molecular flexibility index (Phi) is 3.97. The van der Waals surface area contributed by atoms with Crippen LogP contribution in [-0.2, 0) is 4.79 Å². The van der Waals surface area contributed by atoms with E-state index in [4.69, 9.17) is 4.74 Å². The number of carbonyl (C=O) groups is 1. The number of benzene rings is 1. The number of ether oxygens (including phenoxy) is 1. The summed E-state index contributed by atoms with van der Waals surface area (Å²) in [4.78, 5) is 16.6. The molecule has 1 aromatic carbocycles. The predicted molar refractivity (Wildman–Crippen MR) is 81.0 cm³/mol. The van der Waals surface area contributed by atoms with E-state index in [-0.39, 0.29) is 5.78 Å². The van der Waals surface area contributed by atoms with Crippen molar-refractivity contribution in [1.82, 2.24) is 9.55 Å². The fourth-order valence-corrected chi connectivity index (χ4v) is 1.77. The van der Waals surface area contributed by atoms with Crippen molar-refractivity contribution >= 4 is 19.1 Å². The van der Waals surface area contributed by atoms with Crippen LogP contribution >= 0.6 is 0 Å². The molecule has 104 valence electrons. The maximum absolute atomic E-state index is 12.6. The molecule has 0 bridgehead atoms. The summed E-state index contributed by atoms with van der Waals surface area (Å²) in [6.07, 6.45) is 4.28. The minimum absolute atomic E-state index is 0.0103. The Hall–Kier alpha value is -2.04. The second-order valence-corrected chi connectivity index (χ2v) is 5.91. The van der Waals surface area contributed by atoms with Gasteiger partial charge in [0.25, 0.3) is 0 Å². The molecule has 1 aromatic heterocycles. The van der Waals surface area contributed by atoms with Gasteiger partial charge in [-0.1, -0.05) is 38.4 Å². The Morgan fingerprint density at radius 2 is 1.95 bits per heavy atom. The molecule has 4 nitrogen and oxygen atoms in total. The van der Waals surface area contributed by atoms with Gasteiger partial charge in [-0.15, -0.1) is 0 Å². The van der Waals surface area contributed by atoms with Crippen molar-refractivity contribution in [2.45, 2.75) is 27.0 Å². The fraction of sp³-hybridized carbons (Fsp3) is 0.333. The van der Waals surface area contributed by atoms with Gasteiger partial charge >= 0.3 is 0 Å². The minimum atomic E-state index is -0.694. The van der Waals surface area contributed by atoms with E-state index in [2.05, 4.69) is 4.98 Å². The predicted octanol–water partition coefficient (Wildman–Crippen LogP) is 1.33. The fourth-order valence-electron chi connectivity index (χ4n) is 1.77. The molecule has 2 rings (SSSR count). The van der Waals surface area contributed by atoms with Crippen molar-refractivity contribution in [3.8, 4) is 5.75 Å². The van der Waals surface area contributed by atoms with Gasteiger partial charge in [-0.25, -0.2) is 4.98 Å². The van der Waals surface area contributed by atoms with Gasteiger partial charge in [-0.05, 0) is 12.1 Å². The highest BCUT2D eigenvalue weighted by Crippen LogP contribution is 2.26. The van der Waals surface area contributed by atoms with Gasteiger partial charge in [0.05, 0.1) is 6.33 Å². The number of aromatic nitrogens is 2. The van der Waals surface area contributed by atoms with Crippen LogP contribution in [0.3, 0.4) is 0 Å². The summed E-state index contributed by atoms with van der Waals surface area (Å²) >= 11 is 0. The number of imidazole rings is 1. The van der Waals surface area contributed by atoms with E-state index in [0.29, 0.717) is 5.75 Å². The Balaban J connectivity index is 2.28. The molecule has 1 unspecified atom stereocenters. The molecule has 20 heavy (non-hydrogen) atoms. The molecule has 0 aliphatic heterocycles. The third-order valence-electron chi connectivity index (χ3n) is 3.03.